The van der Waals surface area contributed by atoms with E-state index in [4.69, 9.17) is 37.9 Å². The maximum absolute atomic E-state index is 12.3. The van der Waals surface area contributed by atoms with Gasteiger partial charge in [-0.25, -0.2) is 0 Å². The molecule has 242 valence electrons. The summed E-state index contributed by atoms with van der Waals surface area (Å²) >= 11 is 0.978. The maximum atomic E-state index is 12.3. The Labute approximate surface area is 252 Å². The molecule has 1 N–H and O–H groups in total. The average molecular weight is 636 g/mol. The molecule has 16 nitrogen and oxygen atoms in total. The van der Waals surface area contributed by atoms with Crippen LogP contribution in [0.4, 0.5) is 0 Å². The van der Waals surface area contributed by atoms with Gasteiger partial charge in [0.25, 0.3) is 0 Å². The monoisotopic (exact) mass is 635 g/mol. The van der Waals surface area contributed by atoms with Crippen molar-refractivity contribution in [1.82, 2.24) is 5.32 Å². The van der Waals surface area contributed by atoms with Crippen LogP contribution in [0.3, 0.4) is 0 Å². The minimum atomic E-state index is -1.31. The normalized spacial score (nSPS) is 30.2. The van der Waals surface area contributed by atoms with Gasteiger partial charge in [-0.3, -0.25) is 33.6 Å². The number of amides is 1. The molecule has 2 fully saturated rings. The van der Waals surface area contributed by atoms with Crippen molar-refractivity contribution in [3.63, 3.8) is 0 Å². The average Bonchev–Trinajstić information content (AvgIpc) is 2.86. The van der Waals surface area contributed by atoms with Crippen LogP contribution in [0.25, 0.3) is 0 Å². The molecule has 0 aromatic carbocycles. The summed E-state index contributed by atoms with van der Waals surface area (Å²) in [5.41, 5.74) is -1.12. The van der Waals surface area contributed by atoms with Gasteiger partial charge in [-0.2, -0.15) is 0 Å². The highest BCUT2D eigenvalue weighted by molar-refractivity contribution is 8.00. The Morgan fingerprint density at radius 2 is 1.07 bits per heavy atom. The molecule has 0 aliphatic carbocycles. The lowest BCUT2D eigenvalue weighted by molar-refractivity contribution is -0.212. The number of esters is 6. The molecule has 2 saturated heterocycles. The number of nitrogens with one attached hydrogen (secondary N) is 1. The van der Waals surface area contributed by atoms with Crippen LogP contribution < -0.4 is 5.32 Å². The van der Waals surface area contributed by atoms with Crippen LogP contribution >= 0.6 is 11.8 Å². The molecule has 0 aromatic rings. The van der Waals surface area contributed by atoms with Crippen molar-refractivity contribution in [3.05, 3.63) is 0 Å². The number of rotatable bonds is 11. The minimum absolute atomic E-state index is 0.140. The fraction of sp³-hybridized carbons (Fsp3) is 0.731. The van der Waals surface area contributed by atoms with Gasteiger partial charge in [0.15, 0.2) is 24.4 Å². The zero-order valence-electron chi connectivity index (χ0n) is 24.8. The number of ether oxygens (including phenoxy) is 8. The highest BCUT2D eigenvalue weighted by Gasteiger charge is 2.54. The standard InChI is InChI=1S/C26H37NO15S/c1-11(28)27-21-25(41-17(7)34)23(39-15(5)32)19(9-36-13(3)30)42-26(21)43-20-10-37-18(8-35-12(2)29)22(38-14(4)31)24(20)40-16(6)33/h18-26H,8-10H2,1-7H3,(H,27,28)/t18-,19-,20+,21-,22+,23-,24-,25-,26+/m1/s1. The summed E-state index contributed by atoms with van der Waals surface area (Å²) < 4.78 is 44.1. The second-order valence-corrected chi connectivity index (χ2v) is 11.1. The zero-order chi connectivity index (χ0) is 32.4. The Hall–Kier alpha value is -3.44. The van der Waals surface area contributed by atoms with Crippen molar-refractivity contribution in [2.24, 2.45) is 0 Å². The van der Waals surface area contributed by atoms with Crippen LogP contribution in [0, 0.1) is 0 Å². The fourth-order valence-corrected chi connectivity index (χ4v) is 6.00. The van der Waals surface area contributed by atoms with E-state index in [1.807, 2.05) is 0 Å². The highest BCUT2D eigenvalue weighted by Crippen LogP contribution is 2.39. The molecule has 0 radical (unpaired) electrons. The number of carbonyl (C=O) groups is 7. The summed E-state index contributed by atoms with van der Waals surface area (Å²) in [7, 11) is 0. The first-order chi connectivity index (χ1) is 20.1. The molecule has 0 spiro atoms. The first-order valence-electron chi connectivity index (χ1n) is 13.2. The number of hydrogen-bond donors (Lipinski definition) is 1. The lowest BCUT2D eigenvalue weighted by Crippen LogP contribution is -2.66. The van der Waals surface area contributed by atoms with Gasteiger partial charge >= 0.3 is 35.8 Å². The van der Waals surface area contributed by atoms with Crippen molar-refractivity contribution in [2.75, 3.05) is 19.8 Å². The minimum Gasteiger partial charge on any atom is -0.463 e. The van der Waals surface area contributed by atoms with Crippen LogP contribution in [0.5, 0.6) is 0 Å². The molecule has 0 bridgehead atoms. The molecular formula is C26H37NO15S. The molecular weight excluding hydrogens is 598 g/mol. The van der Waals surface area contributed by atoms with Gasteiger partial charge in [0.1, 0.15) is 36.9 Å². The van der Waals surface area contributed by atoms with Crippen molar-refractivity contribution < 1.29 is 71.5 Å². The summed E-state index contributed by atoms with van der Waals surface area (Å²) in [6, 6.07) is -1.15. The number of hydrogen-bond acceptors (Lipinski definition) is 16. The van der Waals surface area contributed by atoms with Gasteiger partial charge in [0.2, 0.25) is 5.91 Å². The molecule has 17 heteroatoms. The van der Waals surface area contributed by atoms with Crippen molar-refractivity contribution >= 4 is 53.5 Å². The van der Waals surface area contributed by atoms with Crippen LogP contribution in [0.1, 0.15) is 48.5 Å². The summed E-state index contributed by atoms with van der Waals surface area (Å²) in [6.07, 6.45) is -7.15. The molecule has 2 aliphatic heterocycles. The number of carbonyl (C=O) groups excluding carboxylic acids is 7. The molecule has 0 aromatic heterocycles. The first kappa shape index (κ1) is 35.8. The van der Waals surface area contributed by atoms with Gasteiger partial charge < -0.3 is 43.2 Å². The van der Waals surface area contributed by atoms with Gasteiger partial charge in [0, 0.05) is 48.5 Å². The first-order valence-corrected chi connectivity index (χ1v) is 14.2. The molecule has 43 heavy (non-hydrogen) atoms. The van der Waals surface area contributed by atoms with E-state index >= 15 is 0 Å². The number of thioether (sulfide) groups is 1. The van der Waals surface area contributed by atoms with E-state index in [1.165, 1.54) is 13.8 Å². The van der Waals surface area contributed by atoms with Gasteiger partial charge in [-0.1, -0.05) is 0 Å². The van der Waals surface area contributed by atoms with E-state index in [-0.39, 0.29) is 13.2 Å². The smallest absolute Gasteiger partial charge is 0.303 e. The van der Waals surface area contributed by atoms with E-state index in [0.717, 1.165) is 46.4 Å². The van der Waals surface area contributed by atoms with E-state index < -0.39 is 102 Å². The molecule has 2 rings (SSSR count). The van der Waals surface area contributed by atoms with Gasteiger partial charge in [-0.05, 0) is 0 Å². The highest BCUT2D eigenvalue weighted by atomic mass is 32.2. The topological polar surface area (TPSA) is 205 Å². The summed E-state index contributed by atoms with van der Waals surface area (Å²) in [6.45, 7) is 7.21. The van der Waals surface area contributed by atoms with Crippen LogP contribution in [0.15, 0.2) is 0 Å². The Kier molecular flexibility index (Phi) is 13.7. The summed E-state index contributed by atoms with van der Waals surface area (Å²) in [5.74, 6) is -4.80. The molecule has 2 aliphatic rings. The van der Waals surface area contributed by atoms with E-state index in [9.17, 15) is 33.6 Å². The Morgan fingerprint density at radius 3 is 1.53 bits per heavy atom. The maximum Gasteiger partial charge on any atom is 0.303 e. The second-order valence-electron chi connectivity index (χ2n) is 9.72. The predicted molar refractivity (Wildman–Crippen MR) is 143 cm³/mol. The van der Waals surface area contributed by atoms with E-state index in [0.29, 0.717) is 0 Å². The molecule has 0 saturated carbocycles. The summed E-state index contributed by atoms with van der Waals surface area (Å²) in [5, 5.41) is 1.82. The van der Waals surface area contributed by atoms with Gasteiger partial charge in [-0.15, -0.1) is 11.8 Å². The third kappa shape index (κ3) is 11.3. The Balaban J connectivity index is 2.53. The largest absolute Gasteiger partial charge is 0.463 e. The van der Waals surface area contributed by atoms with Crippen molar-refractivity contribution in [1.29, 1.82) is 0 Å². The van der Waals surface area contributed by atoms with Crippen LogP contribution in [-0.4, -0.2) is 115 Å². The van der Waals surface area contributed by atoms with Crippen molar-refractivity contribution in [2.45, 2.75) is 102 Å². The Bertz CT molecular complexity index is 1070. The van der Waals surface area contributed by atoms with E-state index in [2.05, 4.69) is 5.32 Å². The fourth-order valence-electron chi connectivity index (χ4n) is 4.54. The molecule has 1 amide bonds. The third-order valence-corrected chi connectivity index (χ3v) is 7.39. The molecule has 2 heterocycles. The predicted octanol–water partition coefficient (Wildman–Crippen LogP) is -0.430. The van der Waals surface area contributed by atoms with Crippen molar-refractivity contribution in [3.8, 4) is 0 Å². The molecule has 9 atom stereocenters. The van der Waals surface area contributed by atoms with Crippen LogP contribution in [0.2, 0.25) is 0 Å². The van der Waals surface area contributed by atoms with E-state index in [1.54, 1.807) is 0 Å². The third-order valence-electron chi connectivity index (χ3n) is 5.97. The quantitative estimate of drug-likeness (QED) is 0.226. The van der Waals surface area contributed by atoms with Gasteiger partial charge in [0.05, 0.1) is 11.9 Å². The lowest BCUT2D eigenvalue weighted by atomic mass is 9.97. The molecule has 0 unspecified atom stereocenters. The zero-order valence-corrected chi connectivity index (χ0v) is 25.7. The van der Waals surface area contributed by atoms with Crippen LogP contribution in [-0.2, 0) is 71.5 Å². The summed E-state index contributed by atoms with van der Waals surface area (Å²) in [4.78, 5) is 83.6. The SMILES string of the molecule is CC(=O)N[C@@H]1[C@@H](OC(C)=O)[C@H](OC(C)=O)[C@@H](COC(C)=O)O[C@H]1S[C@H]1CO[C@H](COC(C)=O)[C@H](OC(C)=O)[C@@H]1OC(C)=O. The second kappa shape index (κ2) is 16.4. The lowest BCUT2D eigenvalue weighted by Gasteiger charge is -2.47. The Morgan fingerprint density at radius 1 is 0.628 bits per heavy atom.